The van der Waals surface area contributed by atoms with Crippen molar-refractivity contribution >= 4 is 15.9 Å². The Balaban J connectivity index is 1.88. The van der Waals surface area contributed by atoms with E-state index in [0.29, 0.717) is 5.92 Å². The second-order valence-corrected chi connectivity index (χ2v) is 5.15. The van der Waals surface area contributed by atoms with Crippen LogP contribution in [0.4, 0.5) is 0 Å². The zero-order valence-electron chi connectivity index (χ0n) is 9.16. The lowest BCUT2D eigenvalue weighted by molar-refractivity contribution is 0.211. The maximum Gasteiger partial charge on any atom is 0.117 e. The summed E-state index contributed by atoms with van der Waals surface area (Å²) in [6, 6.07) is 4.83. The number of rotatable bonds is 6. The lowest BCUT2D eigenvalue weighted by Gasteiger charge is -2.23. The fourth-order valence-electron chi connectivity index (χ4n) is 1.83. The van der Waals surface area contributed by atoms with Crippen LogP contribution in [0.3, 0.4) is 0 Å². The summed E-state index contributed by atoms with van der Waals surface area (Å²) >= 11 is 3.54. The third-order valence-corrected chi connectivity index (χ3v) is 3.92. The van der Waals surface area contributed by atoms with Gasteiger partial charge in [-0.15, -0.1) is 0 Å². The highest BCUT2D eigenvalue weighted by Gasteiger charge is 2.30. The van der Waals surface area contributed by atoms with E-state index in [1.165, 1.54) is 12.8 Å². The van der Waals surface area contributed by atoms with Crippen molar-refractivity contribution in [2.45, 2.75) is 32.4 Å². The summed E-state index contributed by atoms with van der Waals surface area (Å²) in [5, 5.41) is 1.08. The number of furan rings is 1. The molecule has 1 saturated carbocycles. The minimum absolute atomic E-state index is 0.709. The number of hydrogen-bond donors (Lipinski definition) is 0. The van der Waals surface area contributed by atoms with Crippen LogP contribution in [0.25, 0.3) is 0 Å². The van der Waals surface area contributed by atoms with Crippen molar-refractivity contribution in [2.24, 2.45) is 5.92 Å². The average molecular weight is 272 g/mol. The molecule has 1 fully saturated rings. The predicted octanol–water partition coefficient (Wildman–Crippen LogP) is 3.28. The third kappa shape index (κ3) is 3.35. The van der Waals surface area contributed by atoms with Gasteiger partial charge in [0.1, 0.15) is 5.76 Å². The molecule has 0 aliphatic heterocycles. The fourth-order valence-corrected chi connectivity index (χ4v) is 2.04. The monoisotopic (exact) mass is 271 g/mol. The standard InChI is InChI=1S/C12H18BrNO/c1-10(7-13)8-14(11-4-5-11)9-12-3-2-6-15-12/h2-3,6,10-11H,4-5,7-9H2,1H3. The Morgan fingerprint density at radius 3 is 2.93 bits per heavy atom. The zero-order chi connectivity index (χ0) is 10.7. The Morgan fingerprint density at radius 2 is 2.40 bits per heavy atom. The Kier molecular flexibility index (Phi) is 3.87. The van der Waals surface area contributed by atoms with Crippen LogP contribution in [0.5, 0.6) is 0 Å². The Morgan fingerprint density at radius 1 is 1.60 bits per heavy atom. The smallest absolute Gasteiger partial charge is 0.117 e. The predicted molar refractivity (Wildman–Crippen MR) is 65.1 cm³/mol. The van der Waals surface area contributed by atoms with Gasteiger partial charge in [-0.1, -0.05) is 22.9 Å². The normalized spacial score (nSPS) is 18.3. The number of alkyl halides is 1. The summed E-state index contributed by atoms with van der Waals surface area (Å²) in [7, 11) is 0. The first kappa shape index (κ1) is 11.2. The van der Waals surface area contributed by atoms with Crippen molar-refractivity contribution in [1.82, 2.24) is 4.90 Å². The van der Waals surface area contributed by atoms with E-state index in [1.807, 2.05) is 6.07 Å². The second kappa shape index (κ2) is 5.17. The highest BCUT2D eigenvalue weighted by Crippen LogP contribution is 2.29. The summed E-state index contributed by atoms with van der Waals surface area (Å²) in [6.45, 7) is 4.41. The van der Waals surface area contributed by atoms with Crippen LogP contribution in [0.15, 0.2) is 22.8 Å². The molecule has 1 aromatic rings. The summed E-state index contributed by atoms with van der Waals surface area (Å²) < 4.78 is 5.40. The van der Waals surface area contributed by atoms with Gasteiger partial charge in [-0.2, -0.15) is 0 Å². The van der Waals surface area contributed by atoms with Crippen molar-refractivity contribution in [3.8, 4) is 0 Å². The molecule has 84 valence electrons. The Bertz CT molecular complexity index is 282. The van der Waals surface area contributed by atoms with Gasteiger partial charge in [-0.25, -0.2) is 0 Å². The minimum Gasteiger partial charge on any atom is -0.468 e. The molecule has 1 aromatic heterocycles. The van der Waals surface area contributed by atoms with Crippen LogP contribution >= 0.6 is 15.9 Å². The van der Waals surface area contributed by atoms with E-state index < -0.39 is 0 Å². The van der Waals surface area contributed by atoms with E-state index in [9.17, 15) is 0 Å². The molecule has 1 heterocycles. The molecule has 0 radical (unpaired) electrons. The highest BCUT2D eigenvalue weighted by atomic mass is 79.9. The van der Waals surface area contributed by atoms with Gasteiger partial charge in [-0.05, 0) is 30.9 Å². The molecule has 1 aliphatic rings. The number of nitrogens with zero attached hydrogens (tertiary/aromatic N) is 1. The van der Waals surface area contributed by atoms with Crippen molar-refractivity contribution in [1.29, 1.82) is 0 Å². The zero-order valence-corrected chi connectivity index (χ0v) is 10.7. The van der Waals surface area contributed by atoms with Gasteiger partial charge in [0.05, 0.1) is 12.8 Å². The van der Waals surface area contributed by atoms with Crippen molar-refractivity contribution in [3.05, 3.63) is 24.2 Å². The van der Waals surface area contributed by atoms with Gasteiger partial charge in [0.2, 0.25) is 0 Å². The Hall–Kier alpha value is -0.280. The van der Waals surface area contributed by atoms with E-state index in [1.54, 1.807) is 6.26 Å². The molecular formula is C12H18BrNO. The maximum absolute atomic E-state index is 5.40. The highest BCUT2D eigenvalue weighted by molar-refractivity contribution is 9.09. The van der Waals surface area contributed by atoms with Crippen LogP contribution in [0.1, 0.15) is 25.5 Å². The molecule has 0 aromatic carbocycles. The van der Waals surface area contributed by atoms with E-state index in [4.69, 9.17) is 4.42 Å². The molecular weight excluding hydrogens is 254 g/mol. The molecule has 0 spiro atoms. The topological polar surface area (TPSA) is 16.4 Å². The first-order valence-electron chi connectivity index (χ1n) is 5.62. The van der Waals surface area contributed by atoms with E-state index in [2.05, 4.69) is 33.8 Å². The summed E-state index contributed by atoms with van der Waals surface area (Å²) in [5.74, 6) is 1.80. The number of hydrogen-bond acceptors (Lipinski definition) is 2. The van der Waals surface area contributed by atoms with Crippen molar-refractivity contribution in [2.75, 3.05) is 11.9 Å². The quantitative estimate of drug-likeness (QED) is 0.739. The van der Waals surface area contributed by atoms with Crippen LogP contribution in [0, 0.1) is 5.92 Å². The molecule has 0 amide bonds. The largest absolute Gasteiger partial charge is 0.468 e. The van der Waals surface area contributed by atoms with E-state index >= 15 is 0 Å². The van der Waals surface area contributed by atoms with Gasteiger partial charge in [0.25, 0.3) is 0 Å². The van der Waals surface area contributed by atoms with Crippen LogP contribution in [0.2, 0.25) is 0 Å². The molecule has 15 heavy (non-hydrogen) atoms. The van der Waals surface area contributed by atoms with Crippen LogP contribution in [-0.2, 0) is 6.54 Å². The van der Waals surface area contributed by atoms with E-state index in [0.717, 1.165) is 30.2 Å². The molecule has 0 bridgehead atoms. The molecule has 0 saturated heterocycles. The molecule has 2 nitrogen and oxygen atoms in total. The van der Waals surface area contributed by atoms with Gasteiger partial charge >= 0.3 is 0 Å². The summed E-state index contributed by atoms with van der Waals surface area (Å²) in [4.78, 5) is 2.55. The average Bonchev–Trinajstić information content (AvgIpc) is 2.97. The SMILES string of the molecule is CC(CBr)CN(Cc1ccco1)C1CC1. The lowest BCUT2D eigenvalue weighted by Crippen LogP contribution is -2.30. The fraction of sp³-hybridized carbons (Fsp3) is 0.667. The molecule has 2 rings (SSSR count). The maximum atomic E-state index is 5.40. The first-order valence-corrected chi connectivity index (χ1v) is 6.74. The summed E-state index contributed by atoms with van der Waals surface area (Å²) in [6.07, 6.45) is 4.47. The van der Waals surface area contributed by atoms with Gasteiger partial charge in [0, 0.05) is 17.9 Å². The van der Waals surface area contributed by atoms with Gasteiger partial charge < -0.3 is 4.42 Å². The summed E-state index contributed by atoms with van der Waals surface area (Å²) in [5.41, 5.74) is 0. The molecule has 0 N–H and O–H groups in total. The Labute approximate surface area is 99.8 Å². The molecule has 1 aliphatic carbocycles. The molecule has 1 atom stereocenters. The van der Waals surface area contributed by atoms with Gasteiger partial charge in [-0.3, -0.25) is 4.90 Å². The molecule has 1 unspecified atom stereocenters. The van der Waals surface area contributed by atoms with Crippen LogP contribution in [-0.4, -0.2) is 22.8 Å². The van der Waals surface area contributed by atoms with Crippen molar-refractivity contribution in [3.63, 3.8) is 0 Å². The third-order valence-electron chi connectivity index (χ3n) is 2.81. The van der Waals surface area contributed by atoms with Gasteiger partial charge in [0.15, 0.2) is 0 Å². The lowest BCUT2D eigenvalue weighted by atomic mass is 10.2. The minimum atomic E-state index is 0.709. The van der Waals surface area contributed by atoms with E-state index in [-0.39, 0.29) is 0 Å². The first-order chi connectivity index (χ1) is 7.29. The number of halogens is 1. The molecule has 3 heteroatoms. The second-order valence-electron chi connectivity index (χ2n) is 4.50. The van der Waals surface area contributed by atoms with Crippen molar-refractivity contribution < 1.29 is 4.42 Å². The van der Waals surface area contributed by atoms with Crippen LogP contribution < -0.4 is 0 Å².